The Morgan fingerprint density at radius 1 is 1.24 bits per heavy atom. The van der Waals surface area contributed by atoms with Gasteiger partial charge in [-0.05, 0) is 37.0 Å². The first-order valence-corrected chi connectivity index (χ1v) is 9.59. The maximum absolute atomic E-state index is 12.1. The van der Waals surface area contributed by atoms with Gasteiger partial charge in [0.05, 0.1) is 23.2 Å². The summed E-state index contributed by atoms with van der Waals surface area (Å²) in [7, 11) is 4.01. The van der Waals surface area contributed by atoms with Gasteiger partial charge in [0.1, 0.15) is 6.26 Å². The Morgan fingerprint density at radius 3 is 2.72 bits per heavy atom. The molecule has 0 saturated heterocycles. The number of hydrogen-bond acceptors (Lipinski definition) is 6. The molecule has 0 bridgehead atoms. The van der Waals surface area contributed by atoms with Crippen molar-refractivity contribution in [3.63, 3.8) is 0 Å². The first-order valence-electron chi connectivity index (χ1n) is 7.83. The van der Waals surface area contributed by atoms with Gasteiger partial charge < -0.3 is 20.0 Å². The number of amides is 2. The molecule has 0 aromatic carbocycles. The van der Waals surface area contributed by atoms with Gasteiger partial charge >= 0.3 is 6.03 Å². The maximum atomic E-state index is 12.1. The van der Waals surface area contributed by atoms with Crippen molar-refractivity contribution in [2.75, 3.05) is 20.6 Å². The zero-order valence-electron chi connectivity index (χ0n) is 14.1. The molecular formula is C17H20N4O2S2. The average Bonchev–Trinajstić information content (AvgIpc) is 3.33. The van der Waals surface area contributed by atoms with Crippen molar-refractivity contribution in [2.45, 2.75) is 12.6 Å². The standard InChI is InChI=1S/C17H20N4O2S2/c1-21(2)13(14-5-3-7-24-14)10-19-17(22)18-9-12-11-23-16(20-12)15-6-4-8-25-15/h3-8,11,13H,9-10H2,1-2H3,(H2,18,19,22)/t13-/m0/s1. The van der Waals surface area contributed by atoms with E-state index < -0.39 is 0 Å². The third kappa shape index (κ3) is 4.68. The molecule has 3 aromatic rings. The Morgan fingerprint density at radius 2 is 2.04 bits per heavy atom. The van der Waals surface area contributed by atoms with E-state index >= 15 is 0 Å². The number of urea groups is 1. The highest BCUT2D eigenvalue weighted by Gasteiger charge is 2.16. The van der Waals surface area contributed by atoms with Crippen LogP contribution in [0.4, 0.5) is 4.79 Å². The Kier molecular flexibility index (Phi) is 5.85. The zero-order valence-corrected chi connectivity index (χ0v) is 15.7. The number of carbonyl (C=O) groups excluding carboxylic acids is 1. The quantitative estimate of drug-likeness (QED) is 0.661. The summed E-state index contributed by atoms with van der Waals surface area (Å²) in [5.74, 6) is 0.581. The summed E-state index contributed by atoms with van der Waals surface area (Å²) in [6, 6.07) is 7.94. The number of oxazole rings is 1. The topological polar surface area (TPSA) is 70.4 Å². The van der Waals surface area contributed by atoms with Crippen molar-refractivity contribution in [3.05, 3.63) is 51.9 Å². The number of nitrogens with zero attached hydrogens (tertiary/aromatic N) is 2. The van der Waals surface area contributed by atoms with Gasteiger partial charge in [-0.15, -0.1) is 22.7 Å². The molecule has 132 valence electrons. The lowest BCUT2D eigenvalue weighted by molar-refractivity contribution is 0.233. The number of likely N-dealkylation sites (N-methyl/N-ethyl adjacent to an activating group) is 1. The minimum Gasteiger partial charge on any atom is -0.443 e. The zero-order chi connectivity index (χ0) is 17.6. The molecule has 8 heteroatoms. The summed E-state index contributed by atoms with van der Waals surface area (Å²) < 4.78 is 5.44. The maximum Gasteiger partial charge on any atom is 0.315 e. The number of aromatic nitrogens is 1. The fourth-order valence-corrected chi connectivity index (χ4v) is 3.92. The molecule has 2 amide bonds. The van der Waals surface area contributed by atoms with Crippen molar-refractivity contribution in [1.82, 2.24) is 20.5 Å². The third-order valence-corrected chi connectivity index (χ3v) is 5.50. The van der Waals surface area contributed by atoms with E-state index in [9.17, 15) is 4.79 Å². The second-order valence-corrected chi connectivity index (χ2v) is 7.61. The van der Waals surface area contributed by atoms with Crippen LogP contribution >= 0.6 is 22.7 Å². The first kappa shape index (κ1) is 17.7. The molecule has 25 heavy (non-hydrogen) atoms. The lowest BCUT2D eigenvalue weighted by Gasteiger charge is -2.23. The van der Waals surface area contributed by atoms with E-state index in [0.29, 0.717) is 24.7 Å². The smallest absolute Gasteiger partial charge is 0.315 e. The van der Waals surface area contributed by atoms with E-state index in [1.165, 1.54) is 4.88 Å². The number of hydrogen-bond donors (Lipinski definition) is 2. The van der Waals surface area contributed by atoms with E-state index in [-0.39, 0.29) is 12.1 Å². The highest BCUT2D eigenvalue weighted by molar-refractivity contribution is 7.13. The lowest BCUT2D eigenvalue weighted by Crippen LogP contribution is -2.40. The van der Waals surface area contributed by atoms with E-state index in [0.717, 1.165) is 4.88 Å². The van der Waals surface area contributed by atoms with E-state index in [1.807, 2.05) is 43.1 Å². The van der Waals surface area contributed by atoms with Gasteiger partial charge in [0.25, 0.3) is 0 Å². The molecule has 0 aliphatic heterocycles. The Balaban J connectivity index is 1.48. The number of rotatable bonds is 7. The van der Waals surface area contributed by atoms with Crippen LogP contribution in [0.5, 0.6) is 0 Å². The van der Waals surface area contributed by atoms with Crippen LogP contribution in [0, 0.1) is 0 Å². The van der Waals surface area contributed by atoms with Crippen LogP contribution in [0.15, 0.2) is 45.7 Å². The minimum atomic E-state index is -0.218. The molecule has 2 N–H and O–H groups in total. The summed E-state index contributed by atoms with van der Waals surface area (Å²) in [6.45, 7) is 0.866. The predicted molar refractivity (Wildman–Crippen MR) is 101 cm³/mol. The summed E-state index contributed by atoms with van der Waals surface area (Å²) in [5, 5.41) is 9.74. The third-order valence-electron chi connectivity index (χ3n) is 3.66. The molecule has 0 saturated carbocycles. The van der Waals surface area contributed by atoms with E-state index in [4.69, 9.17) is 4.42 Å². The summed E-state index contributed by atoms with van der Waals surface area (Å²) >= 11 is 3.25. The molecule has 1 atom stereocenters. The molecule has 0 spiro atoms. The normalized spacial score (nSPS) is 12.3. The minimum absolute atomic E-state index is 0.156. The molecule has 3 heterocycles. The Bertz CT molecular complexity index is 782. The molecule has 3 rings (SSSR count). The second-order valence-electron chi connectivity index (χ2n) is 5.68. The van der Waals surface area contributed by atoms with Crippen LogP contribution in [0.1, 0.15) is 16.6 Å². The fraction of sp³-hybridized carbons (Fsp3) is 0.294. The molecule has 0 unspecified atom stereocenters. The largest absolute Gasteiger partial charge is 0.443 e. The van der Waals surface area contributed by atoms with Crippen molar-refractivity contribution < 1.29 is 9.21 Å². The van der Waals surface area contributed by atoms with Gasteiger partial charge in [-0.1, -0.05) is 12.1 Å². The predicted octanol–water partition coefficient (Wildman–Crippen LogP) is 3.57. The molecule has 6 nitrogen and oxygen atoms in total. The Labute approximate surface area is 154 Å². The second kappa shape index (κ2) is 8.28. The Hall–Kier alpha value is -2.16. The van der Waals surface area contributed by atoms with Gasteiger partial charge in [-0.25, -0.2) is 9.78 Å². The fourth-order valence-electron chi connectivity index (χ4n) is 2.34. The number of nitrogens with one attached hydrogen (secondary N) is 2. The highest BCUT2D eigenvalue weighted by Crippen LogP contribution is 2.24. The average molecular weight is 377 g/mol. The first-order chi connectivity index (χ1) is 12.1. The number of carbonyl (C=O) groups is 1. The van der Waals surface area contributed by atoms with Crippen LogP contribution in [-0.4, -0.2) is 36.6 Å². The molecule has 3 aromatic heterocycles. The summed E-state index contributed by atoms with van der Waals surface area (Å²) in [5.41, 5.74) is 0.695. The van der Waals surface area contributed by atoms with Crippen molar-refractivity contribution in [1.29, 1.82) is 0 Å². The van der Waals surface area contributed by atoms with Gasteiger partial charge in [0.15, 0.2) is 0 Å². The summed E-state index contributed by atoms with van der Waals surface area (Å²) in [6.07, 6.45) is 1.57. The van der Waals surface area contributed by atoms with Crippen LogP contribution < -0.4 is 10.6 Å². The highest BCUT2D eigenvalue weighted by atomic mass is 32.1. The SMILES string of the molecule is CN(C)[C@@H](CNC(=O)NCc1coc(-c2cccs2)n1)c1cccs1. The van der Waals surface area contributed by atoms with Gasteiger partial charge in [-0.3, -0.25) is 0 Å². The van der Waals surface area contributed by atoms with Crippen LogP contribution in [-0.2, 0) is 6.54 Å². The van der Waals surface area contributed by atoms with E-state index in [2.05, 4.69) is 26.6 Å². The molecule has 0 fully saturated rings. The molecule has 0 aliphatic rings. The van der Waals surface area contributed by atoms with Gasteiger partial charge in [0, 0.05) is 11.4 Å². The molecular weight excluding hydrogens is 356 g/mol. The lowest BCUT2D eigenvalue weighted by atomic mass is 10.2. The van der Waals surface area contributed by atoms with Crippen LogP contribution in [0.3, 0.4) is 0 Å². The molecule has 0 aliphatic carbocycles. The van der Waals surface area contributed by atoms with Crippen molar-refractivity contribution >= 4 is 28.7 Å². The van der Waals surface area contributed by atoms with Crippen molar-refractivity contribution in [3.8, 4) is 10.8 Å². The number of thiophene rings is 2. The van der Waals surface area contributed by atoms with Gasteiger partial charge in [0.2, 0.25) is 5.89 Å². The van der Waals surface area contributed by atoms with E-state index in [1.54, 1.807) is 28.9 Å². The monoisotopic (exact) mass is 376 g/mol. The van der Waals surface area contributed by atoms with Crippen molar-refractivity contribution in [2.24, 2.45) is 0 Å². The van der Waals surface area contributed by atoms with Gasteiger partial charge in [-0.2, -0.15) is 0 Å². The summed E-state index contributed by atoms with van der Waals surface area (Å²) in [4.78, 5) is 20.7. The molecule has 0 radical (unpaired) electrons. The van der Waals surface area contributed by atoms with Crippen LogP contribution in [0.25, 0.3) is 10.8 Å². The van der Waals surface area contributed by atoms with Crippen LogP contribution in [0.2, 0.25) is 0 Å².